The molecule has 0 saturated heterocycles. The van der Waals surface area contributed by atoms with Gasteiger partial charge in [-0.25, -0.2) is 0 Å². The van der Waals surface area contributed by atoms with Gasteiger partial charge in [0.2, 0.25) is 0 Å². The molecule has 0 bridgehead atoms. The SMILES string of the molecule is CN(c1ccccc1-c1ccccc1)c1ccc(-c2ccccc2)c2ccccc12. The molecule has 0 aliphatic carbocycles. The largest absolute Gasteiger partial charge is 0.344 e. The highest BCUT2D eigenvalue weighted by Gasteiger charge is 2.14. The van der Waals surface area contributed by atoms with Gasteiger partial charge in [-0.05, 0) is 34.2 Å². The Hall–Kier alpha value is -3.84. The molecule has 5 rings (SSSR count). The number of fused-ring (bicyclic) bond motifs is 1. The van der Waals surface area contributed by atoms with E-state index in [4.69, 9.17) is 0 Å². The highest BCUT2D eigenvalue weighted by atomic mass is 15.1. The van der Waals surface area contributed by atoms with Gasteiger partial charge in [-0.2, -0.15) is 0 Å². The van der Waals surface area contributed by atoms with Gasteiger partial charge >= 0.3 is 0 Å². The van der Waals surface area contributed by atoms with E-state index < -0.39 is 0 Å². The van der Waals surface area contributed by atoms with Crippen LogP contribution in [-0.2, 0) is 0 Å². The minimum absolute atomic E-state index is 1.20. The summed E-state index contributed by atoms with van der Waals surface area (Å²) in [6.45, 7) is 0. The average molecular weight is 386 g/mol. The molecule has 0 fully saturated rings. The monoisotopic (exact) mass is 385 g/mol. The summed E-state index contributed by atoms with van der Waals surface area (Å²) in [5.41, 5.74) is 7.37. The molecule has 1 nitrogen and oxygen atoms in total. The van der Waals surface area contributed by atoms with Crippen LogP contribution in [0.3, 0.4) is 0 Å². The van der Waals surface area contributed by atoms with Crippen LogP contribution in [-0.4, -0.2) is 7.05 Å². The maximum absolute atomic E-state index is 2.30. The highest BCUT2D eigenvalue weighted by Crippen LogP contribution is 2.39. The Morgan fingerprint density at radius 2 is 0.933 bits per heavy atom. The van der Waals surface area contributed by atoms with Gasteiger partial charge in [-0.3, -0.25) is 0 Å². The van der Waals surface area contributed by atoms with Gasteiger partial charge in [0, 0.05) is 29.4 Å². The second-order valence-electron chi connectivity index (χ2n) is 7.49. The first-order valence-electron chi connectivity index (χ1n) is 10.3. The topological polar surface area (TPSA) is 3.24 Å². The molecular formula is C29H23N. The van der Waals surface area contributed by atoms with Gasteiger partial charge in [-0.15, -0.1) is 0 Å². The number of para-hydroxylation sites is 1. The molecule has 0 saturated carbocycles. The molecule has 0 aromatic heterocycles. The van der Waals surface area contributed by atoms with Crippen molar-refractivity contribution in [1.29, 1.82) is 0 Å². The van der Waals surface area contributed by atoms with Gasteiger partial charge in [0.05, 0.1) is 0 Å². The molecule has 0 aliphatic rings. The molecular weight excluding hydrogens is 362 g/mol. The van der Waals surface area contributed by atoms with Crippen LogP contribution >= 0.6 is 0 Å². The molecule has 0 radical (unpaired) electrons. The van der Waals surface area contributed by atoms with Crippen LogP contribution in [0.25, 0.3) is 33.0 Å². The Labute approximate surface area is 177 Å². The summed E-state index contributed by atoms with van der Waals surface area (Å²) in [5.74, 6) is 0. The highest BCUT2D eigenvalue weighted by molar-refractivity contribution is 6.05. The zero-order valence-electron chi connectivity index (χ0n) is 17.0. The molecule has 30 heavy (non-hydrogen) atoms. The third kappa shape index (κ3) is 3.25. The van der Waals surface area contributed by atoms with Crippen molar-refractivity contribution in [3.8, 4) is 22.3 Å². The van der Waals surface area contributed by atoms with Crippen LogP contribution in [0.4, 0.5) is 11.4 Å². The van der Waals surface area contributed by atoms with Crippen molar-refractivity contribution in [3.63, 3.8) is 0 Å². The Morgan fingerprint density at radius 1 is 0.400 bits per heavy atom. The number of anilines is 2. The zero-order chi connectivity index (χ0) is 20.3. The van der Waals surface area contributed by atoms with Crippen molar-refractivity contribution in [2.45, 2.75) is 0 Å². The Balaban J connectivity index is 1.67. The minimum atomic E-state index is 1.20. The zero-order valence-corrected chi connectivity index (χ0v) is 17.0. The summed E-state index contributed by atoms with van der Waals surface area (Å²) in [6, 6.07) is 43.0. The van der Waals surface area contributed by atoms with Crippen molar-refractivity contribution in [2.24, 2.45) is 0 Å². The number of rotatable bonds is 4. The smallest absolute Gasteiger partial charge is 0.0488 e. The molecule has 0 unspecified atom stereocenters. The maximum atomic E-state index is 2.30. The Bertz CT molecular complexity index is 1290. The number of nitrogens with zero attached hydrogens (tertiary/aromatic N) is 1. The van der Waals surface area contributed by atoms with Gasteiger partial charge in [0.25, 0.3) is 0 Å². The van der Waals surface area contributed by atoms with E-state index in [1.165, 1.54) is 44.4 Å². The van der Waals surface area contributed by atoms with E-state index in [0.29, 0.717) is 0 Å². The molecule has 144 valence electrons. The molecule has 0 N–H and O–H groups in total. The molecule has 0 heterocycles. The number of hydrogen-bond acceptors (Lipinski definition) is 1. The first-order chi connectivity index (χ1) is 14.8. The standard InChI is InChI=1S/C29H23N/c1-30(28-19-11-10-16-25(28)23-14-6-3-7-15-23)29-21-20-24(22-12-4-2-5-13-22)26-17-8-9-18-27(26)29/h2-21H,1H3. The number of hydrogen-bond donors (Lipinski definition) is 0. The van der Waals surface area contributed by atoms with E-state index in [9.17, 15) is 0 Å². The van der Waals surface area contributed by atoms with Crippen molar-refractivity contribution in [2.75, 3.05) is 11.9 Å². The Morgan fingerprint density at radius 3 is 1.63 bits per heavy atom. The quantitative estimate of drug-likeness (QED) is 0.303. The van der Waals surface area contributed by atoms with Crippen LogP contribution in [0.5, 0.6) is 0 Å². The van der Waals surface area contributed by atoms with E-state index in [1.807, 2.05) is 0 Å². The summed E-state index contributed by atoms with van der Waals surface area (Å²) >= 11 is 0. The summed E-state index contributed by atoms with van der Waals surface area (Å²) in [7, 11) is 2.16. The van der Waals surface area contributed by atoms with E-state index in [0.717, 1.165) is 0 Å². The number of benzene rings is 5. The fourth-order valence-electron chi connectivity index (χ4n) is 4.20. The predicted octanol–water partition coefficient (Wildman–Crippen LogP) is 7.94. The van der Waals surface area contributed by atoms with Crippen LogP contribution in [0.15, 0.2) is 121 Å². The molecule has 0 aliphatic heterocycles. The lowest BCUT2D eigenvalue weighted by Gasteiger charge is -2.25. The van der Waals surface area contributed by atoms with Gasteiger partial charge in [0.15, 0.2) is 0 Å². The lowest BCUT2D eigenvalue weighted by molar-refractivity contribution is 1.22. The van der Waals surface area contributed by atoms with Crippen molar-refractivity contribution >= 4 is 22.1 Å². The minimum Gasteiger partial charge on any atom is -0.344 e. The summed E-state index contributed by atoms with van der Waals surface area (Å²) in [6.07, 6.45) is 0. The van der Waals surface area contributed by atoms with E-state index in [1.54, 1.807) is 0 Å². The molecule has 1 heteroatoms. The van der Waals surface area contributed by atoms with Gasteiger partial charge < -0.3 is 4.90 Å². The molecule has 5 aromatic carbocycles. The molecule has 0 spiro atoms. The van der Waals surface area contributed by atoms with Crippen molar-refractivity contribution in [1.82, 2.24) is 0 Å². The van der Waals surface area contributed by atoms with Crippen molar-refractivity contribution < 1.29 is 0 Å². The first kappa shape index (κ1) is 18.2. The summed E-state index contributed by atoms with van der Waals surface area (Å²) in [5, 5.41) is 2.52. The lowest BCUT2D eigenvalue weighted by Crippen LogP contribution is -2.11. The third-order valence-corrected chi connectivity index (χ3v) is 5.70. The van der Waals surface area contributed by atoms with E-state index in [-0.39, 0.29) is 0 Å². The normalized spacial score (nSPS) is 10.8. The third-order valence-electron chi connectivity index (χ3n) is 5.70. The Kier molecular flexibility index (Phi) is 4.78. The maximum Gasteiger partial charge on any atom is 0.0488 e. The van der Waals surface area contributed by atoms with Gasteiger partial charge in [0.1, 0.15) is 0 Å². The molecule has 5 aromatic rings. The lowest BCUT2D eigenvalue weighted by atomic mass is 9.96. The van der Waals surface area contributed by atoms with Crippen molar-refractivity contribution in [3.05, 3.63) is 121 Å². The van der Waals surface area contributed by atoms with Gasteiger partial charge in [-0.1, -0.05) is 109 Å². The van der Waals surface area contributed by atoms with Crippen LogP contribution in [0.1, 0.15) is 0 Å². The fourth-order valence-corrected chi connectivity index (χ4v) is 4.20. The fraction of sp³-hybridized carbons (Fsp3) is 0.0345. The van der Waals surface area contributed by atoms with Crippen LogP contribution in [0.2, 0.25) is 0 Å². The summed E-state index contributed by atoms with van der Waals surface area (Å²) in [4.78, 5) is 2.30. The van der Waals surface area contributed by atoms with Crippen LogP contribution < -0.4 is 4.90 Å². The van der Waals surface area contributed by atoms with E-state index in [2.05, 4.69) is 133 Å². The second kappa shape index (κ2) is 7.88. The second-order valence-corrected chi connectivity index (χ2v) is 7.49. The van der Waals surface area contributed by atoms with Crippen LogP contribution in [0, 0.1) is 0 Å². The molecule has 0 amide bonds. The molecule has 0 atom stereocenters. The first-order valence-corrected chi connectivity index (χ1v) is 10.3. The summed E-state index contributed by atoms with van der Waals surface area (Å²) < 4.78 is 0. The predicted molar refractivity (Wildman–Crippen MR) is 129 cm³/mol. The average Bonchev–Trinajstić information content (AvgIpc) is 2.84. The van der Waals surface area contributed by atoms with E-state index >= 15 is 0 Å².